The summed E-state index contributed by atoms with van der Waals surface area (Å²) in [6.07, 6.45) is 4.00. The summed E-state index contributed by atoms with van der Waals surface area (Å²) in [5.74, 6) is 0. The number of piperidine rings is 1. The molecule has 2 amide bonds. The molecule has 0 spiro atoms. The molecule has 2 heterocycles. The van der Waals surface area contributed by atoms with Crippen LogP contribution in [-0.2, 0) is 6.42 Å². The second-order valence-electron chi connectivity index (χ2n) is 7.64. The van der Waals surface area contributed by atoms with Gasteiger partial charge in [-0.2, -0.15) is 0 Å². The number of nitrogens with one attached hydrogen (secondary N) is 1. The molecule has 0 bridgehead atoms. The van der Waals surface area contributed by atoms with E-state index in [0.717, 1.165) is 41.6 Å². The van der Waals surface area contributed by atoms with Gasteiger partial charge >= 0.3 is 6.03 Å². The van der Waals surface area contributed by atoms with Gasteiger partial charge in [0.2, 0.25) is 0 Å². The Morgan fingerprint density at radius 3 is 2.69 bits per heavy atom. The number of hydrogen-bond acceptors (Lipinski definition) is 3. The number of rotatable bonds is 3. The first-order valence-corrected chi connectivity index (χ1v) is 10.2. The van der Waals surface area contributed by atoms with Gasteiger partial charge in [-0.15, -0.1) is 0 Å². The van der Waals surface area contributed by atoms with E-state index < -0.39 is 0 Å². The Bertz CT molecular complexity index is 1100. The van der Waals surface area contributed by atoms with Crippen LogP contribution in [0.1, 0.15) is 36.9 Å². The minimum atomic E-state index is -0.0797. The topological polar surface area (TPSA) is 67.2 Å². The van der Waals surface area contributed by atoms with Gasteiger partial charge in [0.15, 0.2) is 0 Å². The normalized spacial score (nSPS) is 14.9. The van der Waals surface area contributed by atoms with Gasteiger partial charge in [0.25, 0.3) is 5.56 Å². The Kier molecular flexibility index (Phi) is 5.34. The maximum absolute atomic E-state index is 12.9. The van der Waals surface area contributed by atoms with E-state index in [0.29, 0.717) is 18.5 Å². The van der Waals surface area contributed by atoms with Crippen LogP contribution in [0.4, 0.5) is 10.5 Å². The van der Waals surface area contributed by atoms with Gasteiger partial charge in [0.05, 0.1) is 17.2 Å². The Hall–Kier alpha value is -3.15. The van der Waals surface area contributed by atoms with Crippen LogP contribution in [0, 0.1) is 6.92 Å². The molecule has 1 saturated heterocycles. The average molecular weight is 390 g/mol. The van der Waals surface area contributed by atoms with Gasteiger partial charge in [-0.05, 0) is 49.9 Å². The Labute approximate surface area is 170 Å². The van der Waals surface area contributed by atoms with Gasteiger partial charge in [-0.1, -0.05) is 36.8 Å². The predicted octanol–water partition coefficient (Wildman–Crippen LogP) is 4.14. The number of likely N-dealkylation sites (tertiary alicyclic amines) is 1. The number of urea groups is 1. The molecule has 6 nitrogen and oxygen atoms in total. The number of hydrogen-bond donors (Lipinski definition) is 1. The van der Waals surface area contributed by atoms with Crippen molar-refractivity contribution in [3.8, 4) is 0 Å². The highest BCUT2D eigenvalue weighted by Gasteiger charge is 2.25. The lowest BCUT2D eigenvalue weighted by Crippen LogP contribution is -2.43. The maximum Gasteiger partial charge on any atom is 0.321 e. The number of anilines is 1. The van der Waals surface area contributed by atoms with E-state index in [1.807, 2.05) is 54.3 Å². The van der Waals surface area contributed by atoms with Crippen LogP contribution in [0.3, 0.4) is 0 Å². The molecule has 1 aromatic heterocycles. The fraction of sp³-hybridized carbons (Fsp3) is 0.348. The largest absolute Gasteiger partial charge is 0.324 e. The number of para-hydroxylation sites is 1. The van der Waals surface area contributed by atoms with E-state index in [4.69, 9.17) is 0 Å². The number of carbonyl (C=O) groups excluding carboxylic acids is 1. The summed E-state index contributed by atoms with van der Waals surface area (Å²) in [5, 5.41) is 3.69. The van der Waals surface area contributed by atoms with Crippen LogP contribution < -0.4 is 10.9 Å². The average Bonchev–Trinajstić information content (AvgIpc) is 2.75. The molecule has 3 aromatic rings. The summed E-state index contributed by atoms with van der Waals surface area (Å²) < 4.78 is 1.74. The summed E-state index contributed by atoms with van der Waals surface area (Å²) in [6.45, 7) is 5.28. The summed E-state index contributed by atoms with van der Waals surface area (Å²) >= 11 is 0. The first kappa shape index (κ1) is 19.2. The smallest absolute Gasteiger partial charge is 0.321 e. The van der Waals surface area contributed by atoms with Gasteiger partial charge < -0.3 is 10.2 Å². The Morgan fingerprint density at radius 2 is 1.93 bits per heavy atom. The minimum absolute atomic E-state index is 0.00141. The molecule has 0 radical (unpaired) electrons. The van der Waals surface area contributed by atoms with E-state index in [-0.39, 0.29) is 17.6 Å². The zero-order chi connectivity index (χ0) is 20.4. The molecule has 1 aliphatic rings. The van der Waals surface area contributed by atoms with Gasteiger partial charge in [-0.25, -0.2) is 9.78 Å². The van der Waals surface area contributed by atoms with Crippen molar-refractivity contribution < 1.29 is 4.79 Å². The molecule has 2 aromatic carbocycles. The summed E-state index contributed by atoms with van der Waals surface area (Å²) in [5.41, 5.74) is 3.77. The third kappa shape index (κ3) is 3.88. The first-order valence-electron chi connectivity index (χ1n) is 10.2. The van der Waals surface area contributed by atoms with Crippen LogP contribution in [0.25, 0.3) is 10.9 Å². The van der Waals surface area contributed by atoms with Crippen molar-refractivity contribution in [1.82, 2.24) is 14.5 Å². The Morgan fingerprint density at radius 1 is 1.17 bits per heavy atom. The summed E-state index contributed by atoms with van der Waals surface area (Å²) in [4.78, 5) is 31.9. The molecule has 0 unspecified atom stereocenters. The number of amides is 2. The number of aryl methyl sites for hydroxylation is 2. The van der Waals surface area contributed by atoms with Crippen molar-refractivity contribution in [1.29, 1.82) is 0 Å². The lowest BCUT2D eigenvalue weighted by atomic mass is 10.0. The van der Waals surface area contributed by atoms with Crippen molar-refractivity contribution in [3.63, 3.8) is 0 Å². The highest BCUT2D eigenvalue weighted by molar-refractivity contribution is 5.90. The summed E-state index contributed by atoms with van der Waals surface area (Å²) in [6, 6.07) is 13.6. The van der Waals surface area contributed by atoms with Crippen molar-refractivity contribution in [3.05, 3.63) is 70.3 Å². The van der Waals surface area contributed by atoms with Crippen molar-refractivity contribution in [2.24, 2.45) is 0 Å². The predicted molar refractivity (Wildman–Crippen MR) is 115 cm³/mol. The van der Waals surface area contributed by atoms with Crippen molar-refractivity contribution in [2.75, 3.05) is 18.4 Å². The molecular weight excluding hydrogens is 364 g/mol. The number of benzene rings is 2. The van der Waals surface area contributed by atoms with Crippen LogP contribution in [-0.4, -0.2) is 33.6 Å². The van der Waals surface area contributed by atoms with Crippen LogP contribution in [0.15, 0.2) is 53.6 Å². The van der Waals surface area contributed by atoms with E-state index >= 15 is 0 Å². The molecule has 29 heavy (non-hydrogen) atoms. The fourth-order valence-corrected chi connectivity index (χ4v) is 4.00. The summed E-state index contributed by atoms with van der Waals surface area (Å²) in [7, 11) is 0. The van der Waals surface area contributed by atoms with Crippen LogP contribution in [0.2, 0.25) is 0 Å². The molecule has 1 aliphatic heterocycles. The SMILES string of the molecule is CCc1ccccc1NC(=O)N1CCC(n2cnc3ccc(C)cc3c2=O)CC1. The third-order valence-corrected chi connectivity index (χ3v) is 5.72. The van der Waals surface area contributed by atoms with Crippen molar-refractivity contribution in [2.45, 2.75) is 39.2 Å². The van der Waals surface area contributed by atoms with E-state index in [9.17, 15) is 9.59 Å². The highest BCUT2D eigenvalue weighted by atomic mass is 16.2. The molecule has 4 rings (SSSR count). The fourth-order valence-electron chi connectivity index (χ4n) is 4.00. The van der Waals surface area contributed by atoms with Gasteiger partial charge in [0.1, 0.15) is 0 Å². The third-order valence-electron chi connectivity index (χ3n) is 5.72. The van der Waals surface area contributed by atoms with Crippen molar-refractivity contribution >= 4 is 22.6 Å². The number of carbonyl (C=O) groups is 1. The lowest BCUT2D eigenvalue weighted by Gasteiger charge is -2.33. The minimum Gasteiger partial charge on any atom is -0.324 e. The molecule has 0 aliphatic carbocycles. The second-order valence-corrected chi connectivity index (χ2v) is 7.64. The van der Waals surface area contributed by atoms with E-state index in [1.165, 1.54) is 0 Å². The monoisotopic (exact) mass is 390 g/mol. The molecule has 6 heteroatoms. The zero-order valence-corrected chi connectivity index (χ0v) is 16.9. The first-order chi connectivity index (χ1) is 14.1. The second kappa shape index (κ2) is 8.07. The molecule has 1 fully saturated rings. The highest BCUT2D eigenvalue weighted by Crippen LogP contribution is 2.23. The Balaban J connectivity index is 1.45. The molecule has 0 atom stereocenters. The molecule has 0 saturated carbocycles. The standard InChI is InChI=1S/C23H26N4O2/c1-3-17-6-4-5-7-20(17)25-23(29)26-12-10-18(11-13-26)27-15-24-21-9-8-16(2)14-19(21)22(27)28/h4-9,14-15,18H,3,10-13H2,1-2H3,(H,25,29). The molecule has 1 N–H and O–H groups in total. The van der Waals surface area contributed by atoms with E-state index in [2.05, 4.69) is 17.2 Å². The van der Waals surface area contributed by atoms with Gasteiger partial charge in [0, 0.05) is 24.8 Å². The van der Waals surface area contributed by atoms with Crippen LogP contribution >= 0.6 is 0 Å². The lowest BCUT2D eigenvalue weighted by molar-refractivity contribution is 0.182. The number of nitrogens with zero attached hydrogens (tertiary/aromatic N) is 3. The number of fused-ring (bicyclic) bond motifs is 1. The van der Waals surface area contributed by atoms with Crippen LogP contribution in [0.5, 0.6) is 0 Å². The number of aromatic nitrogens is 2. The van der Waals surface area contributed by atoms with Gasteiger partial charge in [-0.3, -0.25) is 9.36 Å². The zero-order valence-electron chi connectivity index (χ0n) is 16.9. The van der Waals surface area contributed by atoms with E-state index in [1.54, 1.807) is 10.9 Å². The molecule has 150 valence electrons. The maximum atomic E-state index is 12.9. The molecular formula is C23H26N4O2. The quantitative estimate of drug-likeness (QED) is 0.731.